The van der Waals surface area contributed by atoms with Gasteiger partial charge in [0.05, 0.1) is 16.6 Å². The van der Waals surface area contributed by atoms with Crippen LogP contribution in [-0.4, -0.2) is 29.4 Å². The van der Waals surface area contributed by atoms with E-state index in [0.29, 0.717) is 23.6 Å². The van der Waals surface area contributed by atoms with Crippen molar-refractivity contribution in [1.29, 1.82) is 0 Å². The number of hydrogen-bond acceptors (Lipinski definition) is 3. The molecular formula is C10H10ClN3O2. The zero-order valence-electron chi connectivity index (χ0n) is 8.37. The molecule has 1 saturated heterocycles. The maximum atomic E-state index is 11.8. The number of halogens is 1. The molecule has 1 fully saturated rings. The first-order valence-electron chi connectivity index (χ1n) is 4.84. The zero-order valence-corrected chi connectivity index (χ0v) is 9.12. The summed E-state index contributed by atoms with van der Waals surface area (Å²) >= 11 is 5.85. The monoisotopic (exact) mass is 239 g/mol. The van der Waals surface area contributed by atoms with Crippen LogP contribution in [-0.2, 0) is 4.79 Å². The van der Waals surface area contributed by atoms with Gasteiger partial charge in [0, 0.05) is 25.4 Å². The fourth-order valence-electron chi connectivity index (χ4n) is 1.51. The summed E-state index contributed by atoms with van der Waals surface area (Å²) in [4.78, 5) is 26.5. The van der Waals surface area contributed by atoms with Gasteiger partial charge in [-0.25, -0.2) is 0 Å². The molecule has 0 saturated carbocycles. The van der Waals surface area contributed by atoms with Gasteiger partial charge in [-0.15, -0.1) is 0 Å². The van der Waals surface area contributed by atoms with Gasteiger partial charge in [-0.3, -0.25) is 14.6 Å². The Morgan fingerprint density at radius 3 is 3.06 bits per heavy atom. The molecule has 1 aromatic rings. The number of aromatic nitrogens is 1. The SMILES string of the molecule is O=C1CC(NC(=O)c2cnccc2Cl)CN1. The lowest BCUT2D eigenvalue weighted by molar-refractivity contribution is -0.119. The fourth-order valence-corrected chi connectivity index (χ4v) is 1.71. The predicted octanol–water partition coefficient (Wildman–Crippen LogP) is 0.353. The number of nitrogens with zero attached hydrogens (tertiary/aromatic N) is 1. The van der Waals surface area contributed by atoms with Crippen LogP contribution >= 0.6 is 11.6 Å². The Morgan fingerprint density at radius 2 is 2.44 bits per heavy atom. The third kappa shape index (κ3) is 2.30. The Labute approximate surface area is 97.2 Å². The van der Waals surface area contributed by atoms with Crippen molar-refractivity contribution in [2.24, 2.45) is 0 Å². The van der Waals surface area contributed by atoms with E-state index in [9.17, 15) is 9.59 Å². The van der Waals surface area contributed by atoms with Crippen LogP contribution in [0.4, 0.5) is 0 Å². The first kappa shape index (κ1) is 10.9. The Bertz CT molecular complexity index is 436. The van der Waals surface area contributed by atoms with E-state index in [4.69, 9.17) is 11.6 Å². The van der Waals surface area contributed by atoms with Crippen LogP contribution in [0.5, 0.6) is 0 Å². The highest BCUT2D eigenvalue weighted by Gasteiger charge is 2.23. The van der Waals surface area contributed by atoms with Gasteiger partial charge in [0.25, 0.3) is 5.91 Å². The Kier molecular flexibility index (Phi) is 3.05. The summed E-state index contributed by atoms with van der Waals surface area (Å²) in [5.41, 5.74) is 0.323. The Balaban J connectivity index is 2.03. The second-order valence-corrected chi connectivity index (χ2v) is 3.94. The van der Waals surface area contributed by atoms with Gasteiger partial charge < -0.3 is 10.6 Å². The van der Waals surface area contributed by atoms with E-state index in [-0.39, 0.29) is 17.9 Å². The minimum Gasteiger partial charge on any atom is -0.354 e. The van der Waals surface area contributed by atoms with E-state index >= 15 is 0 Å². The smallest absolute Gasteiger partial charge is 0.254 e. The average molecular weight is 240 g/mol. The number of hydrogen-bond donors (Lipinski definition) is 2. The zero-order chi connectivity index (χ0) is 11.5. The standard InChI is InChI=1S/C10H10ClN3O2/c11-8-1-2-12-5-7(8)10(16)14-6-3-9(15)13-4-6/h1-2,5-6H,3-4H2,(H,13,15)(H,14,16). The van der Waals surface area contributed by atoms with Gasteiger partial charge in [-0.1, -0.05) is 11.6 Å². The van der Waals surface area contributed by atoms with Gasteiger partial charge in [-0.05, 0) is 6.07 Å². The van der Waals surface area contributed by atoms with Crippen LogP contribution in [0.25, 0.3) is 0 Å². The molecular weight excluding hydrogens is 230 g/mol. The summed E-state index contributed by atoms with van der Waals surface area (Å²) in [6, 6.07) is 1.38. The average Bonchev–Trinajstić information content (AvgIpc) is 2.64. The molecule has 6 heteroatoms. The van der Waals surface area contributed by atoms with Crippen molar-refractivity contribution in [2.75, 3.05) is 6.54 Å². The normalized spacial score (nSPS) is 19.3. The molecule has 1 atom stereocenters. The lowest BCUT2D eigenvalue weighted by Crippen LogP contribution is -2.36. The lowest BCUT2D eigenvalue weighted by Gasteiger charge is -2.10. The first-order valence-corrected chi connectivity index (χ1v) is 5.21. The molecule has 5 nitrogen and oxygen atoms in total. The van der Waals surface area contributed by atoms with E-state index in [1.165, 1.54) is 12.4 Å². The molecule has 0 aliphatic carbocycles. The molecule has 16 heavy (non-hydrogen) atoms. The summed E-state index contributed by atoms with van der Waals surface area (Å²) in [5.74, 6) is -0.359. The minimum absolute atomic E-state index is 0.0532. The van der Waals surface area contributed by atoms with Crippen molar-refractivity contribution < 1.29 is 9.59 Å². The maximum Gasteiger partial charge on any atom is 0.254 e. The predicted molar refractivity (Wildman–Crippen MR) is 58.1 cm³/mol. The van der Waals surface area contributed by atoms with Gasteiger partial charge in [0.15, 0.2) is 0 Å². The number of rotatable bonds is 2. The highest BCUT2D eigenvalue weighted by molar-refractivity contribution is 6.33. The van der Waals surface area contributed by atoms with Crippen LogP contribution < -0.4 is 10.6 Å². The van der Waals surface area contributed by atoms with Crippen LogP contribution in [0.2, 0.25) is 5.02 Å². The third-order valence-corrected chi connectivity index (χ3v) is 2.65. The molecule has 2 N–H and O–H groups in total. The Morgan fingerprint density at radius 1 is 1.62 bits per heavy atom. The van der Waals surface area contributed by atoms with Crippen molar-refractivity contribution >= 4 is 23.4 Å². The highest BCUT2D eigenvalue weighted by Crippen LogP contribution is 2.13. The number of amides is 2. The van der Waals surface area contributed by atoms with Crippen molar-refractivity contribution in [3.8, 4) is 0 Å². The van der Waals surface area contributed by atoms with Crippen LogP contribution in [0.15, 0.2) is 18.5 Å². The molecule has 1 aliphatic rings. The molecule has 0 spiro atoms. The second kappa shape index (κ2) is 4.49. The molecule has 0 bridgehead atoms. The first-order chi connectivity index (χ1) is 7.66. The maximum absolute atomic E-state index is 11.8. The molecule has 1 aliphatic heterocycles. The summed E-state index contributed by atoms with van der Waals surface area (Å²) in [7, 11) is 0. The largest absolute Gasteiger partial charge is 0.354 e. The van der Waals surface area contributed by atoms with Crippen molar-refractivity contribution in [3.05, 3.63) is 29.0 Å². The van der Waals surface area contributed by atoms with Crippen LogP contribution in [0.3, 0.4) is 0 Å². The lowest BCUT2D eigenvalue weighted by atomic mass is 10.2. The van der Waals surface area contributed by atoms with Gasteiger partial charge in [0.1, 0.15) is 0 Å². The summed E-state index contributed by atoms with van der Waals surface area (Å²) in [6.45, 7) is 0.461. The van der Waals surface area contributed by atoms with Crippen LogP contribution in [0, 0.1) is 0 Å². The molecule has 2 rings (SSSR count). The van der Waals surface area contributed by atoms with Crippen molar-refractivity contribution in [2.45, 2.75) is 12.5 Å². The van der Waals surface area contributed by atoms with Crippen molar-refractivity contribution in [1.82, 2.24) is 15.6 Å². The summed E-state index contributed by atoms with van der Waals surface area (Å²) < 4.78 is 0. The molecule has 1 unspecified atom stereocenters. The molecule has 2 amide bonds. The molecule has 0 radical (unpaired) electrons. The number of carbonyl (C=O) groups is 2. The van der Waals surface area contributed by atoms with E-state index in [2.05, 4.69) is 15.6 Å². The number of pyridine rings is 1. The molecule has 2 heterocycles. The van der Waals surface area contributed by atoms with Crippen LogP contribution in [0.1, 0.15) is 16.8 Å². The minimum atomic E-state index is -0.306. The quantitative estimate of drug-likeness (QED) is 0.783. The number of carbonyl (C=O) groups excluding carboxylic acids is 2. The van der Waals surface area contributed by atoms with Gasteiger partial charge >= 0.3 is 0 Å². The second-order valence-electron chi connectivity index (χ2n) is 3.53. The summed E-state index contributed by atoms with van der Waals surface area (Å²) in [6.07, 6.45) is 3.23. The van der Waals surface area contributed by atoms with Gasteiger partial charge in [0.2, 0.25) is 5.91 Å². The van der Waals surface area contributed by atoms with Crippen molar-refractivity contribution in [3.63, 3.8) is 0 Å². The molecule has 0 aromatic carbocycles. The Hall–Kier alpha value is -1.62. The van der Waals surface area contributed by atoms with E-state index < -0.39 is 0 Å². The van der Waals surface area contributed by atoms with Gasteiger partial charge in [-0.2, -0.15) is 0 Å². The highest BCUT2D eigenvalue weighted by atomic mass is 35.5. The number of nitrogens with one attached hydrogen (secondary N) is 2. The summed E-state index contributed by atoms with van der Waals surface area (Å²) in [5, 5.41) is 5.71. The van der Waals surface area contributed by atoms with E-state index in [1.807, 2.05) is 0 Å². The molecule has 84 valence electrons. The van der Waals surface area contributed by atoms with E-state index in [1.54, 1.807) is 6.07 Å². The third-order valence-electron chi connectivity index (χ3n) is 2.33. The molecule has 1 aromatic heterocycles. The topological polar surface area (TPSA) is 71.1 Å². The van der Waals surface area contributed by atoms with E-state index in [0.717, 1.165) is 0 Å². The fraction of sp³-hybridized carbons (Fsp3) is 0.300.